The lowest BCUT2D eigenvalue weighted by molar-refractivity contribution is 0.0313. The van der Waals surface area contributed by atoms with Crippen LogP contribution in [0.2, 0.25) is 0 Å². The van der Waals surface area contributed by atoms with Gasteiger partial charge in [-0.2, -0.15) is 0 Å². The zero-order valence-corrected chi connectivity index (χ0v) is 13.8. The van der Waals surface area contributed by atoms with Gasteiger partial charge in [-0.1, -0.05) is 36.4 Å². The average Bonchev–Trinajstić information content (AvgIpc) is 2.62. The van der Waals surface area contributed by atoms with Crippen molar-refractivity contribution in [3.05, 3.63) is 71.8 Å². The molecule has 0 aliphatic rings. The van der Waals surface area contributed by atoms with Crippen molar-refractivity contribution in [2.45, 2.75) is 32.3 Å². The molecule has 126 valence electrons. The molecule has 4 heteroatoms. The van der Waals surface area contributed by atoms with Gasteiger partial charge in [0.1, 0.15) is 0 Å². The molecule has 0 spiro atoms. The van der Waals surface area contributed by atoms with Crippen molar-refractivity contribution in [1.82, 2.24) is 0 Å². The lowest BCUT2D eigenvalue weighted by Crippen LogP contribution is -2.15. The molecule has 0 aliphatic heterocycles. The molecule has 0 aromatic heterocycles. The first-order valence-corrected chi connectivity index (χ1v) is 8.15. The van der Waals surface area contributed by atoms with Crippen LogP contribution in [-0.2, 0) is 9.47 Å². The molecule has 0 heterocycles. The fraction of sp³-hybridized carbons (Fsp3) is 0.300. The Morgan fingerprint density at radius 3 is 1.96 bits per heavy atom. The molecule has 1 atom stereocenters. The summed E-state index contributed by atoms with van der Waals surface area (Å²) in [5.74, 6) is -0.613. The van der Waals surface area contributed by atoms with E-state index in [0.717, 1.165) is 19.3 Å². The molecule has 0 radical (unpaired) electrons. The molecule has 2 aromatic rings. The van der Waals surface area contributed by atoms with Gasteiger partial charge in [0, 0.05) is 0 Å². The van der Waals surface area contributed by atoms with E-state index in [4.69, 9.17) is 9.47 Å². The highest BCUT2D eigenvalue weighted by molar-refractivity contribution is 5.89. The lowest BCUT2D eigenvalue weighted by atomic mass is 10.1. The minimum Gasteiger partial charge on any atom is -0.462 e. The molecular formula is C20H22O4. The third kappa shape index (κ3) is 5.88. The van der Waals surface area contributed by atoms with Crippen LogP contribution in [0.3, 0.4) is 0 Å². The van der Waals surface area contributed by atoms with Crippen LogP contribution in [0.25, 0.3) is 0 Å². The third-order valence-corrected chi connectivity index (χ3v) is 3.57. The van der Waals surface area contributed by atoms with Gasteiger partial charge in [0.05, 0.1) is 23.8 Å². The van der Waals surface area contributed by atoms with Crippen molar-refractivity contribution < 1.29 is 19.1 Å². The van der Waals surface area contributed by atoms with Crippen molar-refractivity contribution >= 4 is 11.9 Å². The van der Waals surface area contributed by atoms with E-state index in [2.05, 4.69) is 0 Å². The number of hydrogen-bond donors (Lipinski definition) is 0. The summed E-state index contributed by atoms with van der Waals surface area (Å²) in [6.45, 7) is 2.24. The minimum absolute atomic E-state index is 0.164. The molecule has 0 N–H and O–H groups in total. The summed E-state index contributed by atoms with van der Waals surface area (Å²) in [5, 5.41) is 0. The second-order valence-electron chi connectivity index (χ2n) is 5.58. The summed E-state index contributed by atoms with van der Waals surface area (Å²) >= 11 is 0. The van der Waals surface area contributed by atoms with Crippen LogP contribution in [0.4, 0.5) is 0 Å². The topological polar surface area (TPSA) is 52.6 Å². The summed E-state index contributed by atoms with van der Waals surface area (Å²) < 4.78 is 10.6. The maximum Gasteiger partial charge on any atom is 0.338 e. The number of benzene rings is 2. The van der Waals surface area contributed by atoms with Crippen molar-refractivity contribution in [2.24, 2.45) is 0 Å². The Hall–Kier alpha value is -2.62. The number of rotatable bonds is 8. The molecule has 2 rings (SSSR count). The van der Waals surface area contributed by atoms with E-state index < -0.39 is 0 Å². The number of ether oxygens (including phenoxy) is 2. The summed E-state index contributed by atoms with van der Waals surface area (Å²) in [4.78, 5) is 23.7. The highest BCUT2D eigenvalue weighted by Gasteiger charge is 2.11. The van der Waals surface area contributed by atoms with Crippen molar-refractivity contribution in [3.8, 4) is 0 Å². The second-order valence-corrected chi connectivity index (χ2v) is 5.58. The fourth-order valence-electron chi connectivity index (χ4n) is 2.24. The van der Waals surface area contributed by atoms with E-state index in [-0.39, 0.29) is 18.0 Å². The van der Waals surface area contributed by atoms with Gasteiger partial charge in [-0.15, -0.1) is 0 Å². The van der Waals surface area contributed by atoms with E-state index in [1.54, 1.807) is 36.4 Å². The Morgan fingerprint density at radius 2 is 1.38 bits per heavy atom. The summed E-state index contributed by atoms with van der Waals surface area (Å²) in [5.41, 5.74) is 1.11. The first-order valence-electron chi connectivity index (χ1n) is 8.15. The van der Waals surface area contributed by atoms with Gasteiger partial charge in [0.2, 0.25) is 0 Å². The largest absolute Gasteiger partial charge is 0.462 e. The molecule has 0 aliphatic carbocycles. The van der Waals surface area contributed by atoms with E-state index in [1.165, 1.54) is 0 Å². The van der Waals surface area contributed by atoms with Gasteiger partial charge in [0.25, 0.3) is 0 Å². The fourth-order valence-corrected chi connectivity index (χ4v) is 2.24. The smallest absolute Gasteiger partial charge is 0.338 e. The van der Waals surface area contributed by atoms with Crippen LogP contribution >= 0.6 is 0 Å². The number of hydrogen-bond acceptors (Lipinski definition) is 4. The molecule has 2 aromatic carbocycles. The van der Waals surface area contributed by atoms with E-state index in [0.29, 0.717) is 17.7 Å². The van der Waals surface area contributed by atoms with Gasteiger partial charge in [0.15, 0.2) is 0 Å². The van der Waals surface area contributed by atoms with Gasteiger partial charge in [-0.3, -0.25) is 0 Å². The molecule has 0 saturated heterocycles. The second kappa shape index (κ2) is 9.50. The quantitative estimate of drug-likeness (QED) is 0.537. The Morgan fingerprint density at radius 1 is 0.833 bits per heavy atom. The standard InChI is InChI=1S/C20H22O4/c1-16(24-20(22)18-13-6-3-7-14-18)10-8-9-15-23-19(21)17-11-4-2-5-12-17/h2-7,11-14,16H,8-10,15H2,1H3. The maximum absolute atomic E-state index is 11.9. The van der Waals surface area contributed by atoms with E-state index in [9.17, 15) is 9.59 Å². The molecule has 0 saturated carbocycles. The maximum atomic E-state index is 11.9. The van der Waals surface area contributed by atoms with Crippen molar-refractivity contribution in [3.63, 3.8) is 0 Å². The number of esters is 2. The predicted molar refractivity (Wildman–Crippen MR) is 91.9 cm³/mol. The normalized spacial score (nSPS) is 11.5. The summed E-state index contributed by atoms with van der Waals surface area (Å²) in [6.07, 6.45) is 2.14. The highest BCUT2D eigenvalue weighted by Crippen LogP contribution is 2.09. The van der Waals surface area contributed by atoms with Crippen LogP contribution in [0, 0.1) is 0 Å². The van der Waals surface area contributed by atoms with Gasteiger partial charge >= 0.3 is 11.9 Å². The first-order chi connectivity index (χ1) is 11.7. The lowest BCUT2D eigenvalue weighted by Gasteiger charge is -2.13. The average molecular weight is 326 g/mol. The van der Waals surface area contributed by atoms with Gasteiger partial charge in [-0.25, -0.2) is 9.59 Å². The van der Waals surface area contributed by atoms with Crippen LogP contribution in [-0.4, -0.2) is 24.6 Å². The van der Waals surface area contributed by atoms with Crippen LogP contribution < -0.4 is 0 Å². The minimum atomic E-state index is -0.307. The van der Waals surface area contributed by atoms with Crippen LogP contribution in [0.1, 0.15) is 46.9 Å². The van der Waals surface area contributed by atoms with E-state index >= 15 is 0 Å². The molecule has 4 nitrogen and oxygen atoms in total. The summed E-state index contributed by atoms with van der Waals surface area (Å²) in [7, 11) is 0. The van der Waals surface area contributed by atoms with Crippen molar-refractivity contribution in [1.29, 1.82) is 0 Å². The molecular weight excluding hydrogens is 304 g/mol. The van der Waals surface area contributed by atoms with E-state index in [1.807, 2.05) is 31.2 Å². The summed E-state index contributed by atoms with van der Waals surface area (Å²) in [6, 6.07) is 17.9. The van der Waals surface area contributed by atoms with Gasteiger partial charge in [-0.05, 0) is 50.5 Å². The Kier molecular flexibility index (Phi) is 7.02. The molecule has 0 fully saturated rings. The van der Waals surface area contributed by atoms with Crippen molar-refractivity contribution in [2.75, 3.05) is 6.61 Å². The molecule has 0 bridgehead atoms. The first kappa shape index (κ1) is 17.7. The molecule has 24 heavy (non-hydrogen) atoms. The zero-order chi connectivity index (χ0) is 17.2. The molecule has 0 amide bonds. The third-order valence-electron chi connectivity index (χ3n) is 3.57. The van der Waals surface area contributed by atoms with Crippen LogP contribution in [0.5, 0.6) is 0 Å². The number of carbonyl (C=O) groups excluding carboxylic acids is 2. The van der Waals surface area contributed by atoms with Crippen LogP contribution in [0.15, 0.2) is 60.7 Å². The Bertz CT molecular complexity index is 637. The Labute approximate surface area is 142 Å². The SMILES string of the molecule is CC(CCCCOC(=O)c1ccccc1)OC(=O)c1ccccc1. The predicted octanol–water partition coefficient (Wildman–Crippen LogP) is 4.26. The monoisotopic (exact) mass is 326 g/mol. The van der Waals surface area contributed by atoms with Gasteiger partial charge < -0.3 is 9.47 Å². The Balaban J connectivity index is 1.60. The molecule has 1 unspecified atom stereocenters. The zero-order valence-electron chi connectivity index (χ0n) is 13.8. The number of carbonyl (C=O) groups is 2. The number of unbranched alkanes of at least 4 members (excludes halogenated alkanes) is 1. The highest BCUT2D eigenvalue weighted by atomic mass is 16.5.